The molecule has 0 atom stereocenters. The van der Waals surface area contributed by atoms with Gasteiger partial charge in [0.25, 0.3) is 0 Å². The van der Waals surface area contributed by atoms with Gasteiger partial charge in [-0.1, -0.05) is 78.1 Å². The molecule has 2 aromatic rings. The van der Waals surface area contributed by atoms with Crippen molar-refractivity contribution in [1.82, 2.24) is 0 Å². The van der Waals surface area contributed by atoms with Crippen LogP contribution >= 0.6 is 0 Å². The zero-order chi connectivity index (χ0) is 37.1. The van der Waals surface area contributed by atoms with Crippen LogP contribution in [0.3, 0.4) is 0 Å². The number of aryl methyl sites for hydroxylation is 4. The van der Waals surface area contributed by atoms with Crippen LogP contribution in [-0.4, -0.2) is 4.70 Å². The maximum atomic E-state index is 12.1. The van der Waals surface area contributed by atoms with Crippen LogP contribution in [0.1, 0.15) is 178 Å². The summed E-state index contributed by atoms with van der Waals surface area (Å²) in [4.78, 5) is 0. The van der Waals surface area contributed by atoms with Crippen LogP contribution in [0.5, 0.6) is 0 Å². The number of rotatable bonds is 21. The van der Waals surface area contributed by atoms with E-state index in [1.54, 1.807) is 0 Å². The molecule has 0 bridgehead atoms. The molecule has 2 aromatic carbocycles. The molecule has 0 amide bonds. The van der Waals surface area contributed by atoms with Gasteiger partial charge in [-0.3, -0.25) is 0 Å². The third-order valence-corrected chi connectivity index (χ3v) is 10.6. The zero-order valence-electron chi connectivity index (χ0n) is 33.6. The van der Waals surface area contributed by atoms with Gasteiger partial charge in [0.05, 0.1) is 0 Å². The predicted molar refractivity (Wildman–Crippen MR) is 220 cm³/mol. The van der Waals surface area contributed by atoms with Crippen molar-refractivity contribution in [2.45, 2.75) is 181 Å². The van der Waals surface area contributed by atoms with E-state index in [1.165, 1.54) is 100 Å². The van der Waals surface area contributed by atoms with Crippen LogP contribution in [-0.2, 0) is 40.1 Å². The molecule has 3 rings (SSSR count). The van der Waals surface area contributed by atoms with Gasteiger partial charge in [0.1, 0.15) is 0 Å². The second kappa shape index (κ2) is 27.7. The molecule has 51 heavy (non-hydrogen) atoms. The molecule has 0 aromatic heterocycles. The Morgan fingerprint density at radius 2 is 1.02 bits per heavy atom. The quantitative estimate of drug-likeness (QED) is 0.0528. The Labute approximate surface area is 321 Å². The number of benzene rings is 2. The van der Waals surface area contributed by atoms with E-state index in [4.69, 9.17) is 0 Å². The molecule has 0 radical (unpaired) electrons. The Morgan fingerprint density at radius 3 is 1.51 bits per heavy atom. The molecular formula is C48H70N2Ni. The summed E-state index contributed by atoms with van der Waals surface area (Å²) >= 11 is 1.94. The second-order valence-electron chi connectivity index (χ2n) is 13.6. The van der Waals surface area contributed by atoms with Crippen molar-refractivity contribution in [3.05, 3.63) is 87.0 Å². The molecule has 1 aliphatic heterocycles. The summed E-state index contributed by atoms with van der Waals surface area (Å²) in [6, 6.07) is 13.8. The Bertz CT molecular complexity index is 1500. The average molecular weight is 734 g/mol. The van der Waals surface area contributed by atoms with E-state index in [9.17, 15) is 5.53 Å². The normalized spacial score (nSPS) is 12.2. The molecule has 0 N–H and O–H groups in total. The summed E-state index contributed by atoms with van der Waals surface area (Å²) < 4.78 is 1.52. The van der Waals surface area contributed by atoms with E-state index in [0.29, 0.717) is 0 Å². The van der Waals surface area contributed by atoms with Crippen molar-refractivity contribution >= 4 is 11.4 Å². The van der Waals surface area contributed by atoms with Gasteiger partial charge in [0, 0.05) is 48.5 Å². The van der Waals surface area contributed by atoms with Crippen molar-refractivity contribution in [2.24, 2.45) is 0 Å². The fraction of sp³-hybridized carbons (Fsp3) is 0.583. The average Bonchev–Trinajstić information content (AvgIpc) is 3.48. The van der Waals surface area contributed by atoms with Crippen molar-refractivity contribution in [2.75, 3.05) is 0 Å². The van der Waals surface area contributed by atoms with Gasteiger partial charge >= 0.3 is 64.8 Å². The Hall–Kier alpha value is -2.87. The summed E-state index contributed by atoms with van der Waals surface area (Å²) in [7, 11) is 0. The van der Waals surface area contributed by atoms with Gasteiger partial charge < -0.3 is 5.53 Å². The topological polar surface area (TPSA) is 25.3 Å². The van der Waals surface area contributed by atoms with Crippen LogP contribution in [0.4, 0.5) is 0 Å². The fourth-order valence-corrected chi connectivity index (χ4v) is 7.52. The SMILES string of the molecule is CCC#CCCc1ccc(CCCC)cc1C1=CC(CCCC)=C(c2cc(CCCC)ccc2CCC#CCC)[N+]1=[N-].CCC[CH2][Ni][CH2]CCC. The summed E-state index contributed by atoms with van der Waals surface area (Å²) in [5.41, 5.74) is 22.7. The second-order valence-corrected chi connectivity index (χ2v) is 15.1. The Kier molecular flexibility index (Phi) is 24.1. The molecule has 0 aliphatic carbocycles. The van der Waals surface area contributed by atoms with Gasteiger partial charge in [-0.25, -0.2) is 4.70 Å². The molecule has 3 heteroatoms. The maximum absolute atomic E-state index is 12.1. The number of nitrogens with zero attached hydrogens (tertiary/aromatic N) is 2. The third kappa shape index (κ3) is 16.1. The van der Waals surface area contributed by atoms with Gasteiger partial charge in [-0.15, -0.1) is 23.7 Å². The number of allylic oxidation sites excluding steroid dienone is 2. The Morgan fingerprint density at radius 1 is 0.549 bits per heavy atom. The van der Waals surface area contributed by atoms with Gasteiger partial charge in [0.15, 0.2) is 0 Å². The molecule has 282 valence electrons. The minimum absolute atomic E-state index is 0.833. The summed E-state index contributed by atoms with van der Waals surface area (Å²) in [5.74, 6) is 13.1. The molecule has 2 nitrogen and oxygen atoms in total. The first-order valence-corrected chi connectivity index (χ1v) is 21.9. The van der Waals surface area contributed by atoms with Crippen LogP contribution in [0.25, 0.3) is 16.9 Å². The number of unbranched alkanes of at least 4 members (excludes halogenated alkanes) is 5. The molecule has 1 heterocycles. The molecule has 0 saturated heterocycles. The number of hydrogen-bond acceptors (Lipinski definition) is 0. The third-order valence-electron chi connectivity index (χ3n) is 9.17. The first-order chi connectivity index (χ1) is 25.0. The van der Waals surface area contributed by atoms with Crippen LogP contribution < -0.4 is 0 Å². The molecule has 0 unspecified atom stereocenters. The molecule has 0 fully saturated rings. The van der Waals surface area contributed by atoms with Crippen molar-refractivity contribution < 1.29 is 19.1 Å². The first kappa shape index (κ1) is 44.3. The van der Waals surface area contributed by atoms with E-state index >= 15 is 0 Å². The van der Waals surface area contributed by atoms with Crippen molar-refractivity contribution in [1.29, 1.82) is 0 Å². The molecule has 1 aliphatic rings. The van der Waals surface area contributed by atoms with Crippen LogP contribution in [0.15, 0.2) is 48.0 Å². The Balaban J connectivity index is 0.000000880. The minimum atomic E-state index is 0.833. The van der Waals surface area contributed by atoms with Crippen LogP contribution in [0, 0.1) is 23.7 Å². The van der Waals surface area contributed by atoms with Crippen molar-refractivity contribution in [3.8, 4) is 23.7 Å². The van der Waals surface area contributed by atoms with Crippen molar-refractivity contribution in [3.63, 3.8) is 0 Å². The van der Waals surface area contributed by atoms with E-state index in [-0.39, 0.29) is 0 Å². The molecule has 0 spiro atoms. The summed E-state index contributed by atoms with van der Waals surface area (Å²) in [6.45, 7) is 15.4. The van der Waals surface area contributed by atoms with E-state index in [2.05, 4.69) is 115 Å². The van der Waals surface area contributed by atoms with E-state index in [0.717, 1.165) is 87.6 Å². The number of hydrogen-bond donors (Lipinski definition) is 0. The fourth-order valence-electron chi connectivity index (χ4n) is 6.08. The van der Waals surface area contributed by atoms with Gasteiger partial charge in [-0.2, -0.15) is 0 Å². The van der Waals surface area contributed by atoms with Crippen LogP contribution in [0.2, 0.25) is 10.8 Å². The summed E-state index contributed by atoms with van der Waals surface area (Å²) in [6.07, 6.45) is 23.0. The van der Waals surface area contributed by atoms with Gasteiger partial charge in [0.2, 0.25) is 11.4 Å². The zero-order valence-corrected chi connectivity index (χ0v) is 34.6. The summed E-state index contributed by atoms with van der Waals surface area (Å²) in [5, 5.41) is 2.78. The molecular weight excluding hydrogens is 663 g/mol. The molecule has 0 saturated carbocycles. The van der Waals surface area contributed by atoms with Gasteiger partial charge in [-0.05, 0) is 85.8 Å². The van der Waals surface area contributed by atoms with E-state index in [1.807, 2.05) is 14.4 Å². The van der Waals surface area contributed by atoms with E-state index < -0.39 is 0 Å². The first-order valence-electron chi connectivity index (χ1n) is 20.5. The monoisotopic (exact) mass is 732 g/mol. The predicted octanol–water partition coefficient (Wildman–Crippen LogP) is 14.6. The standard InChI is InChI=1S/C40H52N2.2C4H9.Ni/c1-6-11-16-18-23-34-27-25-32(20-13-8-3)29-37(34)39-31-36(22-15-10-5)40(42(39)41)38-30-33(21-14-9-4)26-28-35(38)24-19-17-12-7-2;2*1-3-4-2;/h25-31H,6-10,13-15,18-24H2,1-5H3;2*1,3-4H2,2H3;.